The van der Waals surface area contributed by atoms with E-state index in [0.29, 0.717) is 13.0 Å². The highest BCUT2D eigenvalue weighted by Crippen LogP contribution is 2.22. The monoisotopic (exact) mass is 325 g/mol. The van der Waals surface area contributed by atoms with Crippen LogP contribution in [0.3, 0.4) is 0 Å². The fraction of sp³-hybridized carbons (Fsp3) is 0.533. The first kappa shape index (κ1) is 14.5. The molecule has 1 aliphatic rings. The zero-order valence-electron chi connectivity index (χ0n) is 11.2. The van der Waals surface area contributed by atoms with Crippen LogP contribution >= 0.6 is 15.9 Å². The molecule has 19 heavy (non-hydrogen) atoms. The number of aryl methyl sites for hydroxylation is 1. The number of aliphatic hydroxyl groups excluding tert-OH is 1. The number of hydrogen-bond donors (Lipinski definition) is 1. The van der Waals surface area contributed by atoms with Crippen molar-refractivity contribution in [3.05, 3.63) is 34.3 Å². The third-order valence-corrected chi connectivity index (χ3v) is 4.60. The summed E-state index contributed by atoms with van der Waals surface area (Å²) >= 11 is 3.50. The van der Waals surface area contributed by atoms with Crippen LogP contribution < -0.4 is 0 Å². The Morgan fingerprint density at radius 3 is 2.89 bits per heavy atom. The molecule has 2 rings (SSSR count). The average molecular weight is 326 g/mol. The van der Waals surface area contributed by atoms with E-state index < -0.39 is 0 Å². The van der Waals surface area contributed by atoms with Crippen LogP contribution in [0.2, 0.25) is 0 Å². The summed E-state index contributed by atoms with van der Waals surface area (Å²) in [7, 11) is 0. The highest BCUT2D eigenvalue weighted by Gasteiger charge is 2.28. The van der Waals surface area contributed by atoms with Gasteiger partial charge in [0.15, 0.2) is 0 Å². The van der Waals surface area contributed by atoms with Crippen molar-refractivity contribution in [3.63, 3.8) is 0 Å². The SMILES string of the molecule is CC(O)C1CCN(C(=O)CCc2ccccc2Br)C1. The molecule has 104 valence electrons. The summed E-state index contributed by atoms with van der Waals surface area (Å²) in [6, 6.07) is 8.01. The Balaban J connectivity index is 1.84. The molecule has 0 bridgehead atoms. The maximum atomic E-state index is 12.1. The normalized spacial score (nSPS) is 20.6. The van der Waals surface area contributed by atoms with Gasteiger partial charge in [-0.25, -0.2) is 0 Å². The number of nitrogens with zero attached hydrogens (tertiary/aromatic N) is 1. The quantitative estimate of drug-likeness (QED) is 0.924. The molecule has 1 saturated heterocycles. The van der Waals surface area contributed by atoms with Crippen molar-refractivity contribution in [3.8, 4) is 0 Å². The second kappa shape index (κ2) is 6.53. The second-order valence-corrected chi connectivity index (χ2v) is 6.07. The fourth-order valence-electron chi connectivity index (χ4n) is 2.51. The van der Waals surface area contributed by atoms with Crippen molar-refractivity contribution >= 4 is 21.8 Å². The van der Waals surface area contributed by atoms with Crippen LogP contribution in [0.5, 0.6) is 0 Å². The lowest BCUT2D eigenvalue weighted by atomic mass is 10.0. The average Bonchev–Trinajstić information content (AvgIpc) is 2.87. The lowest BCUT2D eigenvalue weighted by molar-refractivity contribution is -0.130. The van der Waals surface area contributed by atoms with Crippen LogP contribution in [0, 0.1) is 5.92 Å². The molecule has 2 unspecified atom stereocenters. The van der Waals surface area contributed by atoms with E-state index in [1.807, 2.05) is 29.2 Å². The topological polar surface area (TPSA) is 40.5 Å². The summed E-state index contributed by atoms with van der Waals surface area (Å²) in [5.41, 5.74) is 1.17. The van der Waals surface area contributed by atoms with E-state index in [1.54, 1.807) is 6.92 Å². The Labute approximate surface area is 122 Å². The third-order valence-electron chi connectivity index (χ3n) is 3.83. The third kappa shape index (κ3) is 3.80. The fourth-order valence-corrected chi connectivity index (χ4v) is 2.99. The van der Waals surface area contributed by atoms with Gasteiger partial charge in [0.1, 0.15) is 0 Å². The molecule has 1 aromatic carbocycles. The van der Waals surface area contributed by atoms with E-state index in [9.17, 15) is 9.90 Å². The molecule has 1 aromatic rings. The number of hydrogen-bond acceptors (Lipinski definition) is 2. The van der Waals surface area contributed by atoms with Gasteiger partial charge >= 0.3 is 0 Å². The van der Waals surface area contributed by atoms with Crippen molar-refractivity contribution in [2.24, 2.45) is 5.92 Å². The van der Waals surface area contributed by atoms with Crippen molar-refractivity contribution in [1.29, 1.82) is 0 Å². The standard InChI is InChI=1S/C15H20BrNO2/c1-11(18)13-8-9-17(10-13)15(19)7-6-12-4-2-3-5-14(12)16/h2-5,11,13,18H,6-10H2,1H3. The van der Waals surface area contributed by atoms with Crippen LogP contribution in [0.1, 0.15) is 25.3 Å². The number of benzene rings is 1. The molecule has 0 aliphatic carbocycles. The molecular formula is C15H20BrNO2. The van der Waals surface area contributed by atoms with Gasteiger partial charge < -0.3 is 10.0 Å². The van der Waals surface area contributed by atoms with Gasteiger partial charge in [0.2, 0.25) is 5.91 Å². The summed E-state index contributed by atoms with van der Waals surface area (Å²) < 4.78 is 1.06. The van der Waals surface area contributed by atoms with Gasteiger partial charge in [0, 0.05) is 29.9 Å². The van der Waals surface area contributed by atoms with Gasteiger partial charge in [-0.3, -0.25) is 4.79 Å². The first-order chi connectivity index (χ1) is 9.08. The molecule has 2 atom stereocenters. The highest BCUT2D eigenvalue weighted by atomic mass is 79.9. The molecular weight excluding hydrogens is 306 g/mol. The number of likely N-dealkylation sites (tertiary alicyclic amines) is 1. The van der Waals surface area contributed by atoms with Crippen LogP contribution in [-0.4, -0.2) is 35.1 Å². The minimum Gasteiger partial charge on any atom is -0.393 e. The predicted molar refractivity (Wildman–Crippen MR) is 78.8 cm³/mol. The first-order valence-electron chi connectivity index (χ1n) is 6.77. The van der Waals surface area contributed by atoms with E-state index in [-0.39, 0.29) is 17.9 Å². The molecule has 1 amide bonds. The van der Waals surface area contributed by atoms with Crippen molar-refractivity contribution < 1.29 is 9.90 Å². The van der Waals surface area contributed by atoms with E-state index in [2.05, 4.69) is 15.9 Å². The molecule has 1 N–H and O–H groups in total. The molecule has 1 fully saturated rings. The zero-order chi connectivity index (χ0) is 13.8. The second-order valence-electron chi connectivity index (χ2n) is 5.22. The summed E-state index contributed by atoms with van der Waals surface area (Å²) in [6.45, 7) is 3.29. The maximum Gasteiger partial charge on any atom is 0.222 e. The van der Waals surface area contributed by atoms with E-state index in [4.69, 9.17) is 0 Å². The van der Waals surface area contributed by atoms with E-state index in [0.717, 1.165) is 23.9 Å². The minimum absolute atomic E-state index is 0.193. The van der Waals surface area contributed by atoms with Gasteiger partial charge in [-0.05, 0) is 31.4 Å². The Morgan fingerprint density at radius 2 is 2.26 bits per heavy atom. The van der Waals surface area contributed by atoms with E-state index in [1.165, 1.54) is 5.56 Å². The molecule has 3 nitrogen and oxygen atoms in total. The van der Waals surface area contributed by atoms with E-state index >= 15 is 0 Å². The van der Waals surface area contributed by atoms with Crippen molar-refractivity contribution in [2.75, 3.05) is 13.1 Å². The number of amides is 1. The maximum absolute atomic E-state index is 12.1. The van der Waals surface area contributed by atoms with Gasteiger partial charge in [-0.15, -0.1) is 0 Å². The molecule has 0 spiro atoms. The molecule has 1 heterocycles. The van der Waals surface area contributed by atoms with Crippen LogP contribution in [0.25, 0.3) is 0 Å². The molecule has 0 radical (unpaired) electrons. The van der Waals surface area contributed by atoms with Crippen molar-refractivity contribution in [2.45, 2.75) is 32.3 Å². The van der Waals surface area contributed by atoms with Crippen LogP contribution in [-0.2, 0) is 11.2 Å². The first-order valence-corrected chi connectivity index (χ1v) is 7.56. The lowest BCUT2D eigenvalue weighted by Crippen LogP contribution is -2.30. The number of carbonyl (C=O) groups excluding carboxylic acids is 1. The largest absolute Gasteiger partial charge is 0.393 e. The number of rotatable bonds is 4. The Bertz CT molecular complexity index is 448. The summed E-state index contributed by atoms with van der Waals surface area (Å²) in [5.74, 6) is 0.436. The van der Waals surface area contributed by atoms with Gasteiger partial charge in [0.05, 0.1) is 6.10 Å². The van der Waals surface area contributed by atoms with Gasteiger partial charge in [-0.1, -0.05) is 34.1 Å². The smallest absolute Gasteiger partial charge is 0.222 e. The van der Waals surface area contributed by atoms with Crippen LogP contribution in [0.4, 0.5) is 0 Å². The molecule has 0 aromatic heterocycles. The van der Waals surface area contributed by atoms with Crippen molar-refractivity contribution in [1.82, 2.24) is 4.90 Å². The van der Waals surface area contributed by atoms with Gasteiger partial charge in [-0.2, -0.15) is 0 Å². The highest BCUT2D eigenvalue weighted by molar-refractivity contribution is 9.10. The Morgan fingerprint density at radius 1 is 1.53 bits per heavy atom. The van der Waals surface area contributed by atoms with Crippen LogP contribution in [0.15, 0.2) is 28.7 Å². The summed E-state index contributed by atoms with van der Waals surface area (Å²) in [4.78, 5) is 14.0. The zero-order valence-corrected chi connectivity index (χ0v) is 12.8. The van der Waals surface area contributed by atoms with Gasteiger partial charge in [0.25, 0.3) is 0 Å². The minimum atomic E-state index is -0.318. The lowest BCUT2D eigenvalue weighted by Gasteiger charge is -2.17. The molecule has 1 aliphatic heterocycles. The Kier molecular flexibility index (Phi) is 4.99. The summed E-state index contributed by atoms with van der Waals surface area (Å²) in [6.07, 6.45) is 1.89. The summed E-state index contributed by atoms with van der Waals surface area (Å²) in [5, 5.41) is 9.55. The number of aliphatic hydroxyl groups is 1. The molecule has 0 saturated carbocycles. The predicted octanol–water partition coefficient (Wildman–Crippen LogP) is 2.61. The number of halogens is 1. The molecule has 4 heteroatoms. The number of carbonyl (C=O) groups is 1. The Hall–Kier alpha value is -0.870.